The van der Waals surface area contributed by atoms with Crippen LogP contribution in [-0.4, -0.2) is 23.4 Å². The minimum absolute atomic E-state index is 0.0481. The number of aliphatic hydroxyl groups excluding tert-OH is 1. The average Bonchev–Trinajstić information content (AvgIpc) is 2.22. The lowest BCUT2D eigenvalue weighted by molar-refractivity contribution is 0.246. The number of rotatable bonds is 4. The smallest absolute Gasteiger partial charge is 0.121 e. The van der Waals surface area contributed by atoms with Crippen LogP contribution in [0.3, 0.4) is 0 Å². The molecule has 1 atom stereocenters. The lowest BCUT2D eigenvalue weighted by Gasteiger charge is -2.17. The molecule has 0 radical (unpaired) electrons. The molecule has 0 saturated heterocycles. The van der Waals surface area contributed by atoms with Gasteiger partial charge in [0.1, 0.15) is 5.75 Å². The van der Waals surface area contributed by atoms with E-state index in [1.165, 1.54) is 0 Å². The molecule has 0 heterocycles. The Bertz CT molecular complexity index is 313. The quantitative estimate of drug-likeness (QED) is 0.706. The van der Waals surface area contributed by atoms with Gasteiger partial charge < -0.3 is 15.5 Å². The van der Waals surface area contributed by atoms with Crippen LogP contribution < -0.4 is 5.32 Å². The number of hydrogen-bond donors (Lipinski definition) is 3. The van der Waals surface area contributed by atoms with E-state index in [1.54, 1.807) is 0 Å². The SMILES string of the molecule is CCNC(CO)c1cc(C)c(O)c(C)c1. The number of benzene rings is 1. The first-order chi connectivity index (χ1) is 7.10. The zero-order valence-electron chi connectivity index (χ0n) is 9.54. The molecule has 15 heavy (non-hydrogen) atoms. The van der Waals surface area contributed by atoms with Gasteiger partial charge in [-0.1, -0.05) is 19.1 Å². The average molecular weight is 209 g/mol. The number of aryl methyl sites for hydroxylation is 2. The van der Waals surface area contributed by atoms with E-state index in [0.29, 0.717) is 5.75 Å². The van der Waals surface area contributed by atoms with Crippen molar-refractivity contribution in [3.8, 4) is 5.75 Å². The normalized spacial score (nSPS) is 12.8. The summed E-state index contributed by atoms with van der Waals surface area (Å²) in [6.45, 7) is 6.61. The minimum atomic E-state index is -0.0481. The summed E-state index contributed by atoms with van der Waals surface area (Å²) in [5.74, 6) is 0.340. The summed E-state index contributed by atoms with van der Waals surface area (Å²) in [6, 6.07) is 3.77. The number of phenolic OH excluding ortho intramolecular Hbond substituents is 1. The van der Waals surface area contributed by atoms with Gasteiger partial charge in [-0.15, -0.1) is 0 Å². The van der Waals surface area contributed by atoms with Gasteiger partial charge in [-0.25, -0.2) is 0 Å². The summed E-state index contributed by atoms with van der Waals surface area (Å²) < 4.78 is 0. The summed E-state index contributed by atoms with van der Waals surface area (Å²) in [5, 5.41) is 22.1. The lowest BCUT2D eigenvalue weighted by atomic mass is 10.0. The molecular weight excluding hydrogens is 190 g/mol. The van der Waals surface area contributed by atoms with Gasteiger partial charge in [0.15, 0.2) is 0 Å². The summed E-state index contributed by atoms with van der Waals surface area (Å²) in [4.78, 5) is 0. The second kappa shape index (κ2) is 5.14. The van der Waals surface area contributed by atoms with Crippen molar-refractivity contribution in [3.63, 3.8) is 0 Å². The minimum Gasteiger partial charge on any atom is -0.507 e. The van der Waals surface area contributed by atoms with Crippen molar-refractivity contribution in [3.05, 3.63) is 28.8 Å². The molecule has 0 aliphatic rings. The Labute approximate surface area is 90.8 Å². The summed E-state index contributed by atoms with van der Waals surface area (Å²) in [7, 11) is 0. The number of aliphatic hydroxyl groups is 1. The predicted molar refractivity (Wildman–Crippen MR) is 61.1 cm³/mol. The second-order valence-corrected chi connectivity index (χ2v) is 3.80. The highest BCUT2D eigenvalue weighted by Gasteiger charge is 2.11. The Balaban J connectivity index is 3.03. The van der Waals surface area contributed by atoms with Crippen LogP contribution in [0.5, 0.6) is 5.75 Å². The van der Waals surface area contributed by atoms with Crippen molar-refractivity contribution >= 4 is 0 Å². The molecule has 84 valence electrons. The Kier molecular flexibility index (Phi) is 4.12. The largest absolute Gasteiger partial charge is 0.507 e. The van der Waals surface area contributed by atoms with Gasteiger partial charge in [-0.05, 0) is 37.1 Å². The van der Waals surface area contributed by atoms with E-state index in [1.807, 2.05) is 32.9 Å². The molecule has 1 aromatic carbocycles. The molecule has 0 bridgehead atoms. The first kappa shape index (κ1) is 12.0. The van der Waals surface area contributed by atoms with Crippen LogP contribution in [-0.2, 0) is 0 Å². The Morgan fingerprint density at radius 3 is 2.20 bits per heavy atom. The summed E-state index contributed by atoms with van der Waals surface area (Å²) in [5.41, 5.74) is 2.72. The van der Waals surface area contributed by atoms with Gasteiger partial charge in [0.2, 0.25) is 0 Å². The highest BCUT2D eigenvalue weighted by molar-refractivity contribution is 5.43. The number of nitrogens with one attached hydrogen (secondary N) is 1. The zero-order chi connectivity index (χ0) is 11.4. The highest BCUT2D eigenvalue weighted by atomic mass is 16.3. The van der Waals surface area contributed by atoms with Gasteiger partial charge in [0.25, 0.3) is 0 Å². The van der Waals surface area contributed by atoms with E-state index < -0.39 is 0 Å². The van der Waals surface area contributed by atoms with Crippen molar-refractivity contribution in [1.82, 2.24) is 5.32 Å². The van der Waals surface area contributed by atoms with Gasteiger partial charge in [-0.3, -0.25) is 0 Å². The summed E-state index contributed by atoms with van der Waals surface area (Å²) in [6.07, 6.45) is 0. The molecule has 0 saturated carbocycles. The topological polar surface area (TPSA) is 52.5 Å². The Morgan fingerprint density at radius 2 is 1.80 bits per heavy atom. The van der Waals surface area contributed by atoms with Crippen molar-refractivity contribution in [2.45, 2.75) is 26.8 Å². The molecule has 3 nitrogen and oxygen atoms in total. The maximum atomic E-state index is 9.63. The molecule has 1 unspecified atom stereocenters. The summed E-state index contributed by atoms with van der Waals surface area (Å²) >= 11 is 0. The molecule has 1 aromatic rings. The van der Waals surface area contributed by atoms with Crippen LogP contribution in [0.1, 0.15) is 29.7 Å². The number of aromatic hydroxyl groups is 1. The van der Waals surface area contributed by atoms with Gasteiger partial charge in [0, 0.05) is 0 Å². The monoisotopic (exact) mass is 209 g/mol. The van der Waals surface area contributed by atoms with Crippen molar-refractivity contribution in [2.75, 3.05) is 13.2 Å². The first-order valence-electron chi connectivity index (χ1n) is 5.24. The number of likely N-dealkylation sites (N-methyl/N-ethyl adjacent to an activating group) is 1. The highest BCUT2D eigenvalue weighted by Crippen LogP contribution is 2.25. The van der Waals surface area contributed by atoms with Crippen LogP contribution in [0.2, 0.25) is 0 Å². The van der Waals surface area contributed by atoms with Crippen LogP contribution in [0.25, 0.3) is 0 Å². The molecule has 0 fully saturated rings. The maximum absolute atomic E-state index is 9.63. The van der Waals surface area contributed by atoms with Gasteiger partial charge >= 0.3 is 0 Å². The third kappa shape index (κ3) is 2.70. The van der Waals surface area contributed by atoms with E-state index in [4.69, 9.17) is 0 Å². The van der Waals surface area contributed by atoms with Crippen molar-refractivity contribution in [1.29, 1.82) is 0 Å². The third-order valence-electron chi connectivity index (χ3n) is 2.55. The van der Waals surface area contributed by atoms with Crippen molar-refractivity contribution < 1.29 is 10.2 Å². The molecule has 0 amide bonds. The predicted octanol–water partition coefficient (Wildman–Crippen LogP) is 1.65. The fourth-order valence-electron chi connectivity index (χ4n) is 1.72. The van der Waals surface area contributed by atoms with Gasteiger partial charge in [-0.2, -0.15) is 0 Å². The fraction of sp³-hybridized carbons (Fsp3) is 0.500. The second-order valence-electron chi connectivity index (χ2n) is 3.80. The standard InChI is InChI=1S/C12H19NO2/c1-4-13-11(7-14)10-5-8(2)12(15)9(3)6-10/h5-6,11,13-15H,4,7H2,1-3H3. The van der Waals surface area contributed by atoms with E-state index in [2.05, 4.69) is 5.32 Å². The Hall–Kier alpha value is -1.06. The van der Waals surface area contributed by atoms with Crippen LogP contribution in [0, 0.1) is 13.8 Å². The molecule has 0 aromatic heterocycles. The molecule has 0 aliphatic carbocycles. The van der Waals surface area contributed by atoms with E-state index in [0.717, 1.165) is 23.2 Å². The molecule has 3 N–H and O–H groups in total. The Morgan fingerprint density at radius 1 is 1.27 bits per heavy atom. The van der Waals surface area contributed by atoms with Gasteiger partial charge in [0.05, 0.1) is 12.6 Å². The molecule has 0 spiro atoms. The maximum Gasteiger partial charge on any atom is 0.121 e. The molecular formula is C12H19NO2. The molecule has 1 rings (SSSR count). The first-order valence-corrected chi connectivity index (χ1v) is 5.24. The van der Waals surface area contributed by atoms with E-state index in [-0.39, 0.29) is 12.6 Å². The number of phenols is 1. The zero-order valence-corrected chi connectivity index (χ0v) is 9.54. The van der Waals surface area contributed by atoms with Crippen LogP contribution >= 0.6 is 0 Å². The van der Waals surface area contributed by atoms with Crippen LogP contribution in [0.15, 0.2) is 12.1 Å². The third-order valence-corrected chi connectivity index (χ3v) is 2.55. The lowest BCUT2D eigenvalue weighted by Crippen LogP contribution is -2.24. The molecule has 0 aliphatic heterocycles. The van der Waals surface area contributed by atoms with E-state index >= 15 is 0 Å². The van der Waals surface area contributed by atoms with E-state index in [9.17, 15) is 10.2 Å². The fourth-order valence-corrected chi connectivity index (χ4v) is 1.72. The van der Waals surface area contributed by atoms with Crippen molar-refractivity contribution in [2.24, 2.45) is 0 Å². The number of hydrogen-bond acceptors (Lipinski definition) is 3. The molecule has 3 heteroatoms. The van der Waals surface area contributed by atoms with Crippen LogP contribution in [0.4, 0.5) is 0 Å².